The van der Waals surface area contributed by atoms with Gasteiger partial charge in [-0.1, -0.05) is 19.1 Å². The van der Waals surface area contributed by atoms with Crippen LogP contribution in [0, 0.1) is 6.92 Å². The van der Waals surface area contributed by atoms with E-state index in [0.29, 0.717) is 12.2 Å². The second-order valence-electron chi connectivity index (χ2n) is 7.30. The zero-order valence-corrected chi connectivity index (χ0v) is 18.4. The summed E-state index contributed by atoms with van der Waals surface area (Å²) in [7, 11) is 0. The summed E-state index contributed by atoms with van der Waals surface area (Å²) in [6.45, 7) is 10.9. The van der Waals surface area contributed by atoms with Crippen LogP contribution in [-0.4, -0.2) is 23.1 Å². The highest BCUT2D eigenvalue weighted by Gasteiger charge is 2.30. The zero-order chi connectivity index (χ0) is 21.8. The standard InChI is InChI=1S/C24H29N3O3/c1-6-18-9-12-20(13-10-18)25-23(28)16(4)27-17(5)26(7-2)21-14-11-19(15-22(21)27)24(29)30-8-3/h9-16H,6-8H2,1-5H3/p+1/t16-/m1/s1. The van der Waals surface area contributed by atoms with Gasteiger partial charge in [-0.2, -0.15) is 0 Å². The number of carbonyl (C=O) groups excluding carboxylic acids is 2. The van der Waals surface area contributed by atoms with Crippen LogP contribution < -0.4 is 9.88 Å². The Hall–Kier alpha value is -3.15. The summed E-state index contributed by atoms with van der Waals surface area (Å²) >= 11 is 0. The SMILES string of the molecule is CCOC(=O)c1ccc2c(c1)n([C@H](C)C(=O)Nc1ccc(CC)cc1)c(C)[n+]2CC. The number of nitrogens with one attached hydrogen (secondary N) is 1. The first-order valence-corrected chi connectivity index (χ1v) is 10.5. The number of carbonyl (C=O) groups is 2. The van der Waals surface area contributed by atoms with Gasteiger partial charge in [0, 0.05) is 18.7 Å². The first-order valence-electron chi connectivity index (χ1n) is 10.5. The normalized spacial score (nSPS) is 12.0. The Balaban J connectivity index is 1.99. The van der Waals surface area contributed by atoms with Crippen molar-refractivity contribution < 1.29 is 18.9 Å². The number of hydrogen-bond donors (Lipinski definition) is 1. The molecule has 1 amide bonds. The van der Waals surface area contributed by atoms with Gasteiger partial charge in [0.2, 0.25) is 0 Å². The molecule has 0 aliphatic carbocycles. The molecule has 1 aromatic heterocycles. The molecule has 0 bridgehead atoms. The van der Waals surface area contributed by atoms with E-state index in [0.717, 1.165) is 35.5 Å². The van der Waals surface area contributed by atoms with Crippen LogP contribution in [0.1, 0.15) is 55.5 Å². The van der Waals surface area contributed by atoms with E-state index < -0.39 is 6.04 Å². The molecule has 0 unspecified atom stereocenters. The molecule has 0 saturated carbocycles. The largest absolute Gasteiger partial charge is 0.462 e. The number of aromatic nitrogens is 2. The number of anilines is 1. The lowest BCUT2D eigenvalue weighted by molar-refractivity contribution is -0.675. The van der Waals surface area contributed by atoms with Crippen LogP contribution in [0.2, 0.25) is 0 Å². The summed E-state index contributed by atoms with van der Waals surface area (Å²) in [5.74, 6) is 0.488. The lowest BCUT2D eigenvalue weighted by atomic mass is 10.1. The minimum atomic E-state index is -0.455. The van der Waals surface area contributed by atoms with Gasteiger partial charge in [-0.3, -0.25) is 4.79 Å². The number of nitrogens with zero attached hydrogens (tertiary/aromatic N) is 2. The third-order valence-electron chi connectivity index (χ3n) is 5.49. The van der Waals surface area contributed by atoms with Crippen LogP contribution in [0.5, 0.6) is 0 Å². The number of esters is 1. The number of benzene rings is 2. The van der Waals surface area contributed by atoms with E-state index in [1.165, 1.54) is 5.56 Å². The second-order valence-corrected chi connectivity index (χ2v) is 7.30. The average Bonchev–Trinajstić information content (AvgIpc) is 3.04. The summed E-state index contributed by atoms with van der Waals surface area (Å²) in [6, 6.07) is 12.9. The lowest BCUT2D eigenvalue weighted by Gasteiger charge is -2.12. The highest BCUT2D eigenvalue weighted by atomic mass is 16.5. The van der Waals surface area contributed by atoms with E-state index >= 15 is 0 Å². The number of hydrogen-bond acceptors (Lipinski definition) is 3. The van der Waals surface area contributed by atoms with Crippen molar-refractivity contribution in [3.05, 3.63) is 59.4 Å². The van der Waals surface area contributed by atoms with Crippen LogP contribution in [0.15, 0.2) is 42.5 Å². The first kappa shape index (κ1) is 21.6. The van der Waals surface area contributed by atoms with E-state index in [9.17, 15) is 9.59 Å². The molecule has 0 aliphatic heterocycles. The Bertz CT molecular complexity index is 1070. The van der Waals surface area contributed by atoms with Gasteiger partial charge in [-0.25, -0.2) is 13.9 Å². The number of aryl methyl sites for hydroxylation is 2. The summed E-state index contributed by atoms with van der Waals surface area (Å²) < 4.78 is 9.28. The Morgan fingerprint density at radius 2 is 1.80 bits per heavy atom. The predicted molar refractivity (Wildman–Crippen MR) is 118 cm³/mol. The molecule has 0 spiro atoms. The Labute approximate surface area is 177 Å². The van der Waals surface area contributed by atoms with Crippen molar-refractivity contribution in [1.29, 1.82) is 0 Å². The molecule has 1 atom stereocenters. The van der Waals surface area contributed by atoms with Crippen LogP contribution in [0.3, 0.4) is 0 Å². The fourth-order valence-electron chi connectivity index (χ4n) is 3.84. The fraction of sp³-hybridized carbons (Fsp3) is 0.375. The quantitative estimate of drug-likeness (QED) is 0.471. The van der Waals surface area contributed by atoms with Gasteiger partial charge in [-0.15, -0.1) is 0 Å². The molecule has 0 saturated heterocycles. The Morgan fingerprint density at radius 1 is 1.10 bits per heavy atom. The monoisotopic (exact) mass is 408 g/mol. The van der Waals surface area contributed by atoms with Crippen molar-refractivity contribution in [2.75, 3.05) is 11.9 Å². The van der Waals surface area contributed by atoms with Crippen LogP contribution >= 0.6 is 0 Å². The Morgan fingerprint density at radius 3 is 2.40 bits per heavy atom. The summed E-state index contributed by atoms with van der Waals surface area (Å²) in [5.41, 5.74) is 4.30. The van der Waals surface area contributed by atoms with Crippen LogP contribution in [0.25, 0.3) is 11.0 Å². The second kappa shape index (κ2) is 9.11. The molecule has 158 valence electrons. The summed E-state index contributed by atoms with van der Waals surface area (Å²) in [6.07, 6.45) is 0.957. The smallest absolute Gasteiger partial charge is 0.338 e. The molecule has 2 aromatic carbocycles. The van der Waals surface area contributed by atoms with Crippen LogP contribution in [0.4, 0.5) is 5.69 Å². The minimum absolute atomic E-state index is 0.107. The van der Waals surface area contributed by atoms with Crippen molar-refractivity contribution in [1.82, 2.24) is 4.57 Å². The molecule has 1 heterocycles. The van der Waals surface area contributed by atoms with Gasteiger partial charge in [0.25, 0.3) is 11.7 Å². The van der Waals surface area contributed by atoms with Gasteiger partial charge in [0.05, 0.1) is 18.7 Å². The number of amides is 1. The number of ether oxygens (including phenoxy) is 1. The summed E-state index contributed by atoms with van der Waals surface area (Å²) in [5, 5.41) is 3.01. The lowest BCUT2D eigenvalue weighted by Crippen LogP contribution is -2.36. The predicted octanol–water partition coefficient (Wildman–Crippen LogP) is 4.20. The topological polar surface area (TPSA) is 64.2 Å². The molecule has 30 heavy (non-hydrogen) atoms. The van der Waals surface area contributed by atoms with Gasteiger partial charge in [0.1, 0.15) is 0 Å². The maximum absolute atomic E-state index is 13.0. The fourth-order valence-corrected chi connectivity index (χ4v) is 3.84. The molecule has 0 radical (unpaired) electrons. The van der Waals surface area contributed by atoms with E-state index in [1.807, 2.05) is 54.8 Å². The minimum Gasteiger partial charge on any atom is -0.462 e. The molecular formula is C24H30N3O3+. The highest BCUT2D eigenvalue weighted by molar-refractivity contribution is 5.96. The zero-order valence-electron chi connectivity index (χ0n) is 18.4. The highest BCUT2D eigenvalue weighted by Crippen LogP contribution is 2.23. The Kier molecular flexibility index (Phi) is 6.55. The van der Waals surface area contributed by atoms with E-state index in [2.05, 4.69) is 23.7 Å². The molecular weight excluding hydrogens is 378 g/mol. The van der Waals surface area contributed by atoms with Gasteiger partial charge in [0.15, 0.2) is 17.1 Å². The molecule has 3 rings (SSSR count). The van der Waals surface area contributed by atoms with Gasteiger partial charge >= 0.3 is 5.97 Å². The number of fused-ring (bicyclic) bond motifs is 1. The van der Waals surface area contributed by atoms with Gasteiger partial charge in [-0.05, 0) is 57.0 Å². The maximum Gasteiger partial charge on any atom is 0.338 e. The molecule has 0 fully saturated rings. The number of imidazole rings is 1. The van der Waals surface area contributed by atoms with Crippen LogP contribution in [-0.2, 0) is 22.5 Å². The van der Waals surface area contributed by atoms with Crippen molar-refractivity contribution in [3.63, 3.8) is 0 Å². The molecule has 0 aliphatic rings. The third-order valence-corrected chi connectivity index (χ3v) is 5.49. The van der Waals surface area contributed by atoms with E-state index in [1.54, 1.807) is 13.0 Å². The first-order chi connectivity index (χ1) is 14.4. The van der Waals surface area contributed by atoms with Crippen molar-refractivity contribution >= 4 is 28.6 Å². The third kappa shape index (κ3) is 4.08. The number of rotatable bonds is 7. The van der Waals surface area contributed by atoms with Crippen molar-refractivity contribution in [3.8, 4) is 0 Å². The average molecular weight is 409 g/mol. The van der Waals surface area contributed by atoms with E-state index in [4.69, 9.17) is 4.74 Å². The maximum atomic E-state index is 13.0. The molecule has 3 aromatic rings. The summed E-state index contributed by atoms with van der Waals surface area (Å²) in [4.78, 5) is 25.3. The van der Waals surface area contributed by atoms with Crippen molar-refractivity contribution in [2.24, 2.45) is 0 Å². The van der Waals surface area contributed by atoms with Gasteiger partial charge < -0.3 is 10.1 Å². The molecule has 1 N–H and O–H groups in total. The van der Waals surface area contributed by atoms with E-state index in [-0.39, 0.29) is 11.9 Å². The molecule has 6 heteroatoms. The molecule has 6 nitrogen and oxygen atoms in total. The van der Waals surface area contributed by atoms with Crippen molar-refractivity contribution in [2.45, 2.75) is 53.6 Å².